The van der Waals surface area contributed by atoms with Gasteiger partial charge in [0.1, 0.15) is 0 Å². The maximum atomic E-state index is 10.7. The van der Waals surface area contributed by atoms with Gasteiger partial charge in [0.25, 0.3) is 0 Å². The van der Waals surface area contributed by atoms with Crippen LogP contribution in [0, 0.1) is 5.92 Å². The summed E-state index contributed by atoms with van der Waals surface area (Å²) in [5, 5.41) is 0. The van der Waals surface area contributed by atoms with Gasteiger partial charge in [-0.3, -0.25) is 0 Å². The Balaban J connectivity index is 0.00000128. The van der Waals surface area contributed by atoms with E-state index in [1.165, 1.54) is 16.7 Å². The number of amides is 1. The van der Waals surface area contributed by atoms with Crippen LogP contribution in [0.1, 0.15) is 27.7 Å². The van der Waals surface area contributed by atoms with E-state index < -0.39 is 20.6 Å². The van der Waals surface area contributed by atoms with Crippen LogP contribution in [-0.2, 0) is 25.4 Å². The summed E-state index contributed by atoms with van der Waals surface area (Å²) in [6, 6.07) is 0. The van der Waals surface area contributed by atoms with Crippen molar-refractivity contribution in [3.05, 3.63) is 27.6 Å². The molecule has 1 unspecified atom stereocenters. The molecule has 1 amide bonds. The molecular weight excluding hydrogens is 336 g/mol. The molecule has 0 spiro atoms. The van der Waals surface area contributed by atoms with Crippen molar-refractivity contribution in [3.8, 4) is 0 Å². The number of hydrogen-bond acceptors (Lipinski definition) is 1. The molecule has 0 saturated carbocycles. The van der Waals surface area contributed by atoms with Crippen molar-refractivity contribution in [1.82, 2.24) is 3.26 Å². The minimum atomic E-state index is -2.54. The number of carbonyl (C=O) groups is 1. The Labute approximate surface area is 120 Å². The van der Waals surface area contributed by atoms with Crippen LogP contribution in [0.25, 0.3) is 0 Å². The standard InChI is InChI=1S/C9H13.C2H2.CH3NO.2ClH.Zr/c1-6-5-7(2)9(4)8(6)3;1-2;2-1-3;;;/h6H,1-4H3;1-2H;1H,(H2,2,3);2*1H;/q;;;;;+3/p-3. The van der Waals surface area contributed by atoms with Crippen molar-refractivity contribution in [1.29, 1.82) is 0 Å². The van der Waals surface area contributed by atoms with Crippen LogP contribution < -0.4 is 28.1 Å². The average Bonchev–Trinajstić information content (AvgIpc) is 2.92. The van der Waals surface area contributed by atoms with Gasteiger partial charge < -0.3 is 24.8 Å². The van der Waals surface area contributed by atoms with Gasteiger partial charge in [-0.15, -0.1) is 0 Å². The fourth-order valence-electron chi connectivity index (χ4n) is 2.57. The van der Waals surface area contributed by atoms with Gasteiger partial charge in [0.2, 0.25) is 0 Å². The predicted octanol–water partition coefficient (Wildman–Crippen LogP) is -3.45. The summed E-state index contributed by atoms with van der Waals surface area (Å²) in [6.45, 7) is 8.86. The van der Waals surface area contributed by atoms with E-state index in [-0.39, 0.29) is 24.8 Å². The Bertz CT molecular complexity index is 420. The molecule has 0 fully saturated rings. The summed E-state index contributed by atoms with van der Waals surface area (Å²) in [5.74, 6) is 0.531. The van der Waals surface area contributed by atoms with Crippen LogP contribution in [0.15, 0.2) is 27.6 Å². The molecule has 0 saturated heterocycles. The molecule has 5 heteroatoms. The third-order valence-corrected chi connectivity index (χ3v) is 12.0. The molecular formula is C12H17Cl2NOZr. The molecule has 2 aliphatic rings. The zero-order chi connectivity index (χ0) is 11.2. The molecule has 1 aliphatic carbocycles. The molecule has 0 radical (unpaired) electrons. The smallest absolute Gasteiger partial charge is 1.00 e. The van der Waals surface area contributed by atoms with Gasteiger partial charge in [-0.25, -0.2) is 0 Å². The van der Waals surface area contributed by atoms with E-state index in [9.17, 15) is 4.79 Å². The van der Waals surface area contributed by atoms with E-state index in [0.717, 1.165) is 6.41 Å². The number of carbonyl (C=O) groups excluding carboxylic acids is 1. The molecule has 1 aliphatic heterocycles. The number of rotatable bonds is 3. The minimum Gasteiger partial charge on any atom is -1.00 e. The van der Waals surface area contributed by atoms with E-state index >= 15 is 0 Å². The maximum absolute atomic E-state index is 10.7. The zero-order valence-electron chi connectivity index (χ0n) is 10.5. The van der Waals surface area contributed by atoms with Gasteiger partial charge in [0.05, 0.1) is 0 Å². The second-order valence-corrected chi connectivity index (χ2v) is 12.5. The molecule has 0 aromatic carbocycles. The van der Waals surface area contributed by atoms with Crippen LogP contribution in [0.3, 0.4) is 0 Å². The van der Waals surface area contributed by atoms with Crippen molar-refractivity contribution < 1.29 is 50.2 Å². The Morgan fingerprint density at radius 1 is 1.18 bits per heavy atom. The maximum Gasteiger partial charge on any atom is -1.00 e. The minimum absolute atomic E-state index is 0. The Morgan fingerprint density at radius 2 is 1.71 bits per heavy atom. The molecule has 2 nitrogen and oxygen atoms in total. The van der Waals surface area contributed by atoms with Crippen LogP contribution in [0.5, 0.6) is 0 Å². The molecule has 0 bridgehead atoms. The van der Waals surface area contributed by atoms with Crippen LogP contribution in [0.4, 0.5) is 0 Å². The van der Waals surface area contributed by atoms with Gasteiger partial charge in [-0.1, -0.05) is 0 Å². The molecule has 94 valence electrons. The molecule has 2 rings (SSSR count). The fraction of sp³-hybridized carbons (Fsp3) is 0.417. The van der Waals surface area contributed by atoms with Crippen molar-refractivity contribution in [2.45, 2.75) is 27.7 Å². The molecule has 17 heavy (non-hydrogen) atoms. The monoisotopic (exact) mass is 351 g/mol. The van der Waals surface area contributed by atoms with E-state index in [2.05, 4.69) is 38.5 Å². The van der Waals surface area contributed by atoms with Crippen molar-refractivity contribution in [2.75, 3.05) is 0 Å². The number of hydrogen-bond donors (Lipinski definition) is 1. The van der Waals surface area contributed by atoms with Gasteiger partial charge >= 0.3 is 96.2 Å². The summed E-state index contributed by atoms with van der Waals surface area (Å²) in [4.78, 5) is 10.7. The predicted molar refractivity (Wildman–Crippen MR) is 58.6 cm³/mol. The molecule has 1 atom stereocenters. The third kappa shape index (κ3) is 2.62. The summed E-state index contributed by atoms with van der Waals surface area (Å²) in [6.07, 6.45) is 0.881. The first-order valence-electron chi connectivity index (χ1n) is 5.34. The molecule has 0 aromatic rings. The Kier molecular flexibility index (Phi) is 5.92. The van der Waals surface area contributed by atoms with E-state index in [1.54, 1.807) is 3.28 Å². The second-order valence-electron chi connectivity index (χ2n) is 4.53. The zero-order valence-corrected chi connectivity index (χ0v) is 14.4. The Hall–Kier alpha value is 0.153. The van der Waals surface area contributed by atoms with Gasteiger partial charge in [-0.2, -0.15) is 0 Å². The first-order chi connectivity index (χ1) is 7.03. The topological polar surface area (TPSA) is 29.1 Å². The van der Waals surface area contributed by atoms with Crippen molar-refractivity contribution in [2.24, 2.45) is 5.92 Å². The average molecular weight is 353 g/mol. The summed E-state index contributed by atoms with van der Waals surface area (Å²) >= 11 is -2.54. The number of halogens is 2. The summed E-state index contributed by atoms with van der Waals surface area (Å²) in [5.41, 5.74) is 4.32. The fourth-order valence-corrected chi connectivity index (χ4v) is 11.9. The molecule has 1 heterocycles. The summed E-state index contributed by atoms with van der Waals surface area (Å²) in [7, 11) is 0. The van der Waals surface area contributed by atoms with E-state index in [0.29, 0.717) is 5.92 Å². The van der Waals surface area contributed by atoms with Gasteiger partial charge in [-0.05, 0) is 0 Å². The van der Waals surface area contributed by atoms with Crippen LogP contribution in [-0.4, -0.2) is 6.41 Å². The Morgan fingerprint density at radius 3 is 2.00 bits per heavy atom. The largest absolute Gasteiger partial charge is 1.00 e. The van der Waals surface area contributed by atoms with Crippen LogP contribution >= 0.6 is 0 Å². The first-order valence-corrected chi connectivity index (χ1v) is 10.6. The SMILES string of the molecule is CC1=C(C)C(C)[C]([Zr+2]2([NH]C=O)[CH]=[CH]2)=C1C.[Cl-].[Cl-]. The normalized spacial score (nSPS) is 22.2. The molecule has 0 aromatic heterocycles. The number of allylic oxidation sites excluding steroid dienone is 4. The summed E-state index contributed by atoms with van der Waals surface area (Å²) < 4.78 is 9.19. The quantitative estimate of drug-likeness (QED) is 0.526. The number of nitrogens with one attached hydrogen (secondary N) is 1. The van der Waals surface area contributed by atoms with Gasteiger partial charge in [0.15, 0.2) is 0 Å². The van der Waals surface area contributed by atoms with E-state index in [1.807, 2.05) is 0 Å². The molecule has 1 N–H and O–H groups in total. The first kappa shape index (κ1) is 17.2. The van der Waals surface area contributed by atoms with E-state index in [4.69, 9.17) is 0 Å². The second kappa shape index (κ2) is 5.86. The van der Waals surface area contributed by atoms with Crippen LogP contribution in [0.2, 0.25) is 0 Å². The third-order valence-electron chi connectivity index (χ3n) is 3.88. The van der Waals surface area contributed by atoms with Gasteiger partial charge in [0, 0.05) is 0 Å². The van der Waals surface area contributed by atoms with Crippen molar-refractivity contribution in [3.63, 3.8) is 0 Å². The van der Waals surface area contributed by atoms with Crippen molar-refractivity contribution >= 4 is 6.41 Å².